The SMILES string of the molecule is CC=C(O)C(=O)OCCCOC(=O)c1ccccc1C(=O)c1ccccc1. The van der Waals surface area contributed by atoms with E-state index in [1.54, 1.807) is 48.5 Å². The fraction of sp³-hybridized carbons (Fsp3) is 0.190. The summed E-state index contributed by atoms with van der Waals surface area (Å²) in [6.07, 6.45) is 1.49. The minimum Gasteiger partial charge on any atom is -0.502 e. The summed E-state index contributed by atoms with van der Waals surface area (Å²) in [7, 11) is 0. The Hall–Kier alpha value is -3.41. The van der Waals surface area contributed by atoms with Crippen LogP contribution in [0.2, 0.25) is 0 Å². The third kappa shape index (κ3) is 5.54. The molecule has 0 aliphatic heterocycles. The molecule has 2 rings (SSSR count). The maximum Gasteiger partial charge on any atom is 0.373 e. The molecule has 1 N–H and O–H groups in total. The van der Waals surface area contributed by atoms with Crippen LogP contribution in [0.25, 0.3) is 0 Å². The standard InChI is InChI=1S/C21H20O6/c1-2-18(22)21(25)27-14-8-13-26-20(24)17-12-7-6-11-16(17)19(23)15-9-4-3-5-10-15/h2-7,9-12,22H,8,13-14H2,1H3. The van der Waals surface area contributed by atoms with Crippen molar-refractivity contribution >= 4 is 17.7 Å². The van der Waals surface area contributed by atoms with E-state index >= 15 is 0 Å². The van der Waals surface area contributed by atoms with E-state index in [1.165, 1.54) is 19.1 Å². The van der Waals surface area contributed by atoms with Crippen LogP contribution in [-0.2, 0) is 14.3 Å². The van der Waals surface area contributed by atoms with Gasteiger partial charge in [0.2, 0.25) is 0 Å². The van der Waals surface area contributed by atoms with Crippen LogP contribution >= 0.6 is 0 Å². The summed E-state index contributed by atoms with van der Waals surface area (Å²) < 4.78 is 9.96. The van der Waals surface area contributed by atoms with Crippen LogP contribution in [0.1, 0.15) is 39.6 Å². The average molecular weight is 368 g/mol. The van der Waals surface area contributed by atoms with Gasteiger partial charge in [0.25, 0.3) is 0 Å². The van der Waals surface area contributed by atoms with Crippen LogP contribution in [-0.4, -0.2) is 36.0 Å². The molecule has 0 radical (unpaired) electrons. The number of hydrogen-bond donors (Lipinski definition) is 1. The van der Waals surface area contributed by atoms with Gasteiger partial charge in [-0.1, -0.05) is 48.5 Å². The third-order valence-electron chi connectivity index (χ3n) is 3.67. The van der Waals surface area contributed by atoms with E-state index < -0.39 is 17.7 Å². The van der Waals surface area contributed by atoms with Crippen LogP contribution in [0, 0.1) is 0 Å². The number of carbonyl (C=O) groups excluding carboxylic acids is 3. The molecule has 0 aliphatic rings. The van der Waals surface area contributed by atoms with E-state index in [9.17, 15) is 14.4 Å². The summed E-state index contributed by atoms with van der Waals surface area (Å²) in [5.41, 5.74) is 0.918. The number of ether oxygens (including phenoxy) is 2. The largest absolute Gasteiger partial charge is 0.502 e. The third-order valence-corrected chi connectivity index (χ3v) is 3.67. The molecule has 0 saturated carbocycles. The van der Waals surface area contributed by atoms with Gasteiger partial charge in [-0.15, -0.1) is 0 Å². The van der Waals surface area contributed by atoms with Crippen molar-refractivity contribution in [2.24, 2.45) is 0 Å². The molecule has 0 aromatic heterocycles. The van der Waals surface area contributed by atoms with Gasteiger partial charge in [-0.05, 0) is 19.1 Å². The second kappa shape index (κ2) is 9.91. The first-order valence-electron chi connectivity index (χ1n) is 8.43. The molecule has 0 spiro atoms. The van der Waals surface area contributed by atoms with Crippen molar-refractivity contribution in [3.05, 3.63) is 83.1 Å². The highest BCUT2D eigenvalue weighted by atomic mass is 16.6. The van der Waals surface area contributed by atoms with Gasteiger partial charge in [-0.25, -0.2) is 9.59 Å². The highest BCUT2D eigenvalue weighted by Gasteiger charge is 2.18. The molecular weight excluding hydrogens is 348 g/mol. The summed E-state index contributed by atoms with van der Waals surface area (Å²) in [6, 6.07) is 15.1. The van der Waals surface area contributed by atoms with Crippen molar-refractivity contribution in [2.45, 2.75) is 13.3 Å². The quantitative estimate of drug-likeness (QED) is 0.252. The van der Waals surface area contributed by atoms with Crippen molar-refractivity contribution < 1.29 is 29.0 Å². The maximum absolute atomic E-state index is 12.6. The van der Waals surface area contributed by atoms with Crippen molar-refractivity contribution in [1.82, 2.24) is 0 Å². The molecule has 0 heterocycles. The number of esters is 2. The number of aliphatic hydroxyl groups excluding tert-OH is 1. The first-order valence-corrected chi connectivity index (χ1v) is 8.43. The van der Waals surface area contributed by atoms with Crippen molar-refractivity contribution in [3.8, 4) is 0 Å². The molecule has 0 fully saturated rings. The number of aliphatic hydroxyl groups is 1. The normalized spacial score (nSPS) is 10.9. The Morgan fingerprint density at radius 1 is 0.889 bits per heavy atom. The Balaban J connectivity index is 1.94. The Kier molecular flexibility index (Phi) is 7.31. The molecule has 0 aliphatic carbocycles. The molecular formula is C21H20O6. The molecule has 0 unspecified atom stereocenters. The zero-order valence-corrected chi connectivity index (χ0v) is 14.9. The summed E-state index contributed by atoms with van der Waals surface area (Å²) in [4.78, 5) is 36.2. The van der Waals surface area contributed by atoms with E-state index in [1.807, 2.05) is 0 Å². The molecule has 140 valence electrons. The summed E-state index contributed by atoms with van der Waals surface area (Å²) >= 11 is 0. The Labute approximate surface area is 157 Å². The summed E-state index contributed by atoms with van der Waals surface area (Å²) in [6.45, 7) is 1.51. The van der Waals surface area contributed by atoms with E-state index in [-0.39, 0.29) is 36.5 Å². The lowest BCUT2D eigenvalue weighted by atomic mass is 9.98. The predicted octanol–water partition coefficient (Wildman–Crippen LogP) is 3.47. The minimum absolute atomic E-state index is 0.00535. The highest BCUT2D eigenvalue weighted by molar-refractivity contribution is 6.14. The fourth-order valence-electron chi connectivity index (χ4n) is 2.26. The number of carbonyl (C=O) groups is 3. The lowest BCUT2D eigenvalue weighted by Gasteiger charge is -2.09. The lowest BCUT2D eigenvalue weighted by Crippen LogP contribution is -2.15. The second-order valence-electron chi connectivity index (χ2n) is 5.54. The van der Waals surface area contributed by atoms with E-state index in [4.69, 9.17) is 14.6 Å². The molecule has 2 aromatic rings. The van der Waals surface area contributed by atoms with Crippen molar-refractivity contribution in [1.29, 1.82) is 0 Å². The smallest absolute Gasteiger partial charge is 0.373 e. The Morgan fingerprint density at radius 2 is 1.48 bits per heavy atom. The van der Waals surface area contributed by atoms with Crippen molar-refractivity contribution in [3.63, 3.8) is 0 Å². The molecule has 0 amide bonds. The Morgan fingerprint density at radius 3 is 2.15 bits per heavy atom. The average Bonchev–Trinajstić information content (AvgIpc) is 2.72. The van der Waals surface area contributed by atoms with Crippen LogP contribution in [0.15, 0.2) is 66.4 Å². The molecule has 0 atom stereocenters. The van der Waals surface area contributed by atoms with Gasteiger partial charge >= 0.3 is 11.9 Å². The highest BCUT2D eigenvalue weighted by Crippen LogP contribution is 2.16. The van der Waals surface area contributed by atoms with Crippen molar-refractivity contribution in [2.75, 3.05) is 13.2 Å². The van der Waals surface area contributed by atoms with Crippen LogP contribution in [0.4, 0.5) is 0 Å². The van der Waals surface area contributed by atoms with Gasteiger partial charge in [-0.3, -0.25) is 4.79 Å². The zero-order chi connectivity index (χ0) is 19.6. The van der Waals surface area contributed by atoms with Gasteiger partial charge in [0.1, 0.15) is 0 Å². The monoisotopic (exact) mass is 368 g/mol. The van der Waals surface area contributed by atoms with Gasteiger partial charge < -0.3 is 14.6 Å². The molecule has 0 bridgehead atoms. The fourth-order valence-corrected chi connectivity index (χ4v) is 2.26. The van der Waals surface area contributed by atoms with Crippen LogP contribution < -0.4 is 0 Å². The minimum atomic E-state index is -0.831. The lowest BCUT2D eigenvalue weighted by molar-refractivity contribution is -0.142. The molecule has 2 aromatic carbocycles. The number of hydrogen-bond acceptors (Lipinski definition) is 6. The first kappa shape index (κ1) is 19.9. The molecule has 27 heavy (non-hydrogen) atoms. The van der Waals surface area contributed by atoms with Gasteiger partial charge in [-0.2, -0.15) is 0 Å². The predicted molar refractivity (Wildman–Crippen MR) is 98.6 cm³/mol. The number of allylic oxidation sites excluding steroid dienone is 1. The molecule has 6 nitrogen and oxygen atoms in total. The molecule has 6 heteroatoms. The summed E-state index contributed by atoms with van der Waals surface area (Å²) in [5, 5.41) is 9.17. The van der Waals surface area contributed by atoms with E-state index in [0.29, 0.717) is 5.56 Å². The number of rotatable bonds is 8. The second-order valence-corrected chi connectivity index (χ2v) is 5.54. The first-order chi connectivity index (χ1) is 13.0. The topological polar surface area (TPSA) is 89.9 Å². The Bertz CT molecular complexity index is 839. The number of benzene rings is 2. The van der Waals surface area contributed by atoms with Gasteiger partial charge in [0.15, 0.2) is 11.5 Å². The van der Waals surface area contributed by atoms with Gasteiger partial charge in [0, 0.05) is 17.5 Å². The number of ketones is 1. The van der Waals surface area contributed by atoms with Crippen LogP contribution in [0.3, 0.4) is 0 Å². The van der Waals surface area contributed by atoms with E-state index in [0.717, 1.165) is 0 Å². The maximum atomic E-state index is 12.6. The molecule has 0 saturated heterocycles. The summed E-state index contributed by atoms with van der Waals surface area (Å²) in [5.74, 6) is -2.20. The van der Waals surface area contributed by atoms with Gasteiger partial charge in [0.05, 0.1) is 18.8 Å². The zero-order valence-electron chi connectivity index (χ0n) is 14.9. The van der Waals surface area contributed by atoms with E-state index in [2.05, 4.69) is 0 Å². The van der Waals surface area contributed by atoms with Crippen LogP contribution in [0.5, 0.6) is 0 Å².